The molecule has 1 unspecified atom stereocenters. The summed E-state index contributed by atoms with van der Waals surface area (Å²) >= 11 is 0. The van der Waals surface area contributed by atoms with Crippen LogP contribution in [0.5, 0.6) is 0 Å². The predicted octanol–water partition coefficient (Wildman–Crippen LogP) is 2.80. The monoisotopic (exact) mass is 283 g/mol. The topological polar surface area (TPSA) is 32.5 Å². The van der Waals surface area contributed by atoms with Crippen LogP contribution in [0.2, 0.25) is 0 Å². The van der Waals surface area contributed by atoms with Gasteiger partial charge in [-0.2, -0.15) is 0 Å². The van der Waals surface area contributed by atoms with Gasteiger partial charge in [-0.1, -0.05) is 39.5 Å². The van der Waals surface area contributed by atoms with Gasteiger partial charge in [-0.15, -0.1) is 0 Å². The maximum atomic E-state index is 6.18. The minimum absolute atomic E-state index is 0.593. The molecule has 3 heteroatoms. The molecule has 0 spiro atoms. The Hall–Kier alpha value is -0.120. The van der Waals surface area contributed by atoms with E-state index >= 15 is 0 Å². The molecule has 3 nitrogen and oxygen atoms in total. The van der Waals surface area contributed by atoms with Crippen molar-refractivity contribution < 1.29 is 0 Å². The minimum atomic E-state index is 0.593. The van der Waals surface area contributed by atoms with E-state index < -0.39 is 0 Å². The van der Waals surface area contributed by atoms with E-state index in [2.05, 4.69) is 37.7 Å². The van der Waals surface area contributed by atoms with Gasteiger partial charge in [-0.3, -0.25) is 4.90 Å². The van der Waals surface area contributed by atoms with Crippen molar-refractivity contribution in [3.63, 3.8) is 0 Å². The molecule has 1 atom stereocenters. The average molecular weight is 284 g/mol. The summed E-state index contributed by atoms with van der Waals surface area (Å²) in [5.41, 5.74) is 6.18. The number of nitrogens with two attached hydrogens (primary N) is 1. The van der Waals surface area contributed by atoms with Crippen LogP contribution in [-0.4, -0.2) is 56.1 Å². The Morgan fingerprint density at radius 1 is 1.00 bits per heavy atom. The first kappa shape index (κ1) is 17.9. The smallest absolute Gasteiger partial charge is 0.0247 e. The second-order valence-electron chi connectivity index (χ2n) is 7.25. The highest BCUT2D eigenvalue weighted by atomic mass is 15.2. The highest BCUT2D eigenvalue weighted by Gasteiger charge is 2.27. The molecule has 0 aromatic rings. The zero-order valence-electron chi connectivity index (χ0n) is 14.3. The number of nitrogens with zero attached hydrogens (tertiary/aromatic N) is 2. The van der Waals surface area contributed by atoms with Crippen molar-refractivity contribution in [2.45, 2.75) is 58.4 Å². The second kappa shape index (κ2) is 9.75. The number of rotatable bonds is 8. The molecule has 0 radical (unpaired) electrons. The summed E-state index contributed by atoms with van der Waals surface area (Å²) in [4.78, 5) is 4.97. The summed E-state index contributed by atoms with van der Waals surface area (Å²) in [5.74, 6) is 1.54. The molecule has 1 aliphatic carbocycles. The highest BCUT2D eigenvalue weighted by Crippen LogP contribution is 2.28. The van der Waals surface area contributed by atoms with Gasteiger partial charge in [0, 0.05) is 32.2 Å². The minimum Gasteiger partial charge on any atom is -0.329 e. The first-order valence-electron chi connectivity index (χ1n) is 8.63. The summed E-state index contributed by atoms with van der Waals surface area (Å²) in [5, 5.41) is 0. The molecule has 1 fully saturated rings. The third-order valence-electron chi connectivity index (χ3n) is 4.59. The molecule has 0 heterocycles. The van der Waals surface area contributed by atoms with Crippen molar-refractivity contribution in [3.05, 3.63) is 0 Å². The standard InChI is InChI=1S/C17H37N3/c1-15(2)14-20(12-11-19(3)4)17(13-18)16-9-7-5-6-8-10-16/h15-17H,5-14,18H2,1-4H3. The molecule has 0 amide bonds. The molecule has 0 saturated heterocycles. The van der Waals surface area contributed by atoms with Crippen molar-refractivity contribution in [1.82, 2.24) is 9.80 Å². The molecule has 1 saturated carbocycles. The SMILES string of the molecule is CC(C)CN(CCN(C)C)C(CN)C1CCCCCC1. The van der Waals surface area contributed by atoms with Gasteiger partial charge < -0.3 is 10.6 Å². The lowest BCUT2D eigenvalue weighted by Crippen LogP contribution is -2.49. The largest absolute Gasteiger partial charge is 0.329 e. The van der Waals surface area contributed by atoms with Crippen LogP contribution in [0.15, 0.2) is 0 Å². The Morgan fingerprint density at radius 2 is 1.60 bits per heavy atom. The maximum absolute atomic E-state index is 6.18. The highest BCUT2D eigenvalue weighted by molar-refractivity contribution is 4.83. The van der Waals surface area contributed by atoms with Crippen molar-refractivity contribution in [2.75, 3.05) is 40.3 Å². The fourth-order valence-corrected chi connectivity index (χ4v) is 3.53. The van der Waals surface area contributed by atoms with Crippen LogP contribution in [0, 0.1) is 11.8 Å². The zero-order chi connectivity index (χ0) is 15.0. The van der Waals surface area contributed by atoms with Gasteiger partial charge in [-0.05, 0) is 38.8 Å². The van der Waals surface area contributed by atoms with Crippen molar-refractivity contribution in [1.29, 1.82) is 0 Å². The van der Waals surface area contributed by atoms with Gasteiger partial charge in [0.05, 0.1) is 0 Å². The van der Waals surface area contributed by atoms with Crippen LogP contribution in [0.3, 0.4) is 0 Å². The van der Waals surface area contributed by atoms with Crippen LogP contribution >= 0.6 is 0 Å². The molecule has 2 N–H and O–H groups in total. The van der Waals surface area contributed by atoms with Crippen LogP contribution in [0.4, 0.5) is 0 Å². The Balaban J connectivity index is 2.65. The third kappa shape index (κ3) is 6.55. The van der Waals surface area contributed by atoms with Crippen molar-refractivity contribution in [2.24, 2.45) is 17.6 Å². The first-order valence-corrected chi connectivity index (χ1v) is 8.63. The molecule has 0 bridgehead atoms. The Kier molecular flexibility index (Phi) is 8.74. The zero-order valence-corrected chi connectivity index (χ0v) is 14.3. The summed E-state index contributed by atoms with van der Waals surface area (Å²) < 4.78 is 0. The predicted molar refractivity (Wildman–Crippen MR) is 89.0 cm³/mol. The van der Waals surface area contributed by atoms with E-state index in [0.717, 1.165) is 31.5 Å². The molecule has 0 aliphatic heterocycles. The van der Waals surface area contributed by atoms with Gasteiger partial charge in [0.2, 0.25) is 0 Å². The van der Waals surface area contributed by atoms with Gasteiger partial charge >= 0.3 is 0 Å². The average Bonchev–Trinajstić information content (AvgIpc) is 2.65. The molecule has 20 heavy (non-hydrogen) atoms. The van der Waals surface area contributed by atoms with Crippen LogP contribution in [0.25, 0.3) is 0 Å². The van der Waals surface area contributed by atoms with Crippen LogP contribution in [0.1, 0.15) is 52.4 Å². The lowest BCUT2D eigenvalue weighted by atomic mass is 9.90. The summed E-state index contributed by atoms with van der Waals surface area (Å²) in [6.45, 7) is 8.95. The quantitative estimate of drug-likeness (QED) is 0.695. The van der Waals surface area contributed by atoms with Gasteiger partial charge in [-0.25, -0.2) is 0 Å². The van der Waals surface area contributed by atoms with E-state index in [-0.39, 0.29) is 0 Å². The van der Waals surface area contributed by atoms with E-state index in [4.69, 9.17) is 5.73 Å². The Morgan fingerprint density at radius 3 is 2.05 bits per heavy atom. The second-order valence-corrected chi connectivity index (χ2v) is 7.25. The normalized spacial score (nSPS) is 19.8. The summed E-state index contributed by atoms with van der Waals surface area (Å²) in [7, 11) is 4.33. The molecular weight excluding hydrogens is 246 g/mol. The van der Waals surface area contributed by atoms with E-state index in [1.54, 1.807) is 0 Å². The van der Waals surface area contributed by atoms with E-state index in [0.29, 0.717) is 6.04 Å². The number of hydrogen-bond donors (Lipinski definition) is 1. The fourth-order valence-electron chi connectivity index (χ4n) is 3.53. The fraction of sp³-hybridized carbons (Fsp3) is 1.00. The molecular formula is C17H37N3. The molecule has 1 rings (SSSR count). The lowest BCUT2D eigenvalue weighted by Gasteiger charge is -2.38. The third-order valence-corrected chi connectivity index (χ3v) is 4.59. The van der Waals surface area contributed by atoms with E-state index in [1.807, 2.05) is 0 Å². The van der Waals surface area contributed by atoms with Gasteiger partial charge in [0.15, 0.2) is 0 Å². The van der Waals surface area contributed by atoms with Crippen LogP contribution < -0.4 is 5.73 Å². The van der Waals surface area contributed by atoms with E-state index in [9.17, 15) is 0 Å². The lowest BCUT2D eigenvalue weighted by molar-refractivity contribution is 0.112. The number of hydrogen-bond acceptors (Lipinski definition) is 3. The summed E-state index contributed by atoms with van der Waals surface area (Å²) in [6, 6.07) is 0.593. The molecule has 0 aromatic heterocycles. The van der Waals surface area contributed by atoms with Gasteiger partial charge in [0.25, 0.3) is 0 Å². The Labute approximate surface area is 126 Å². The van der Waals surface area contributed by atoms with Crippen molar-refractivity contribution >= 4 is 0 Å². The summed E-state index contributed by atoms with van der Waals surface area (Å²) in [6.07, 6.45) is 8.44. The first-order chi connectivity index (χ1) is 9.54. The van der Waals surface area contributed by atoms with E-state index in [1.165, 1.54) is 45.1 Å². The molecule has 0 aromatic carbocycles. The number of likely N-dealkylation sites (N-methyl/N-ethyl adjacent to an activating group) is 1. The van der Waals surface area contributed by atoms with Crippen molar-refractivity contribution in [3.8, 4) is 0 Å². The van der Waals surface area contributed by atoms with Gasteiger partial charge in [0.1, 0.15) is 0 Å². The maximum Gasteiger partial charge on any atom is 0.0247 e. The Bertz CT molecular complexity index is 232. The molecule has 1 aliphatic rings. The van der Waals surface area contributed by atoms with Crippen LogP contribution in [-0.2, 0) is 0 Å². The molecule has 120 valence electrons.